The lowest BCUT2D eigenvalue weighted by atomic mass is 10.1. The van der Waals surface area contributed by atoms with Crippen LogP contribution in [0.4, 0.5) is 0 Å². The summed E-state index contributed by atoms with van der Waals surface area (Å²) in [5.41, 5.74) is 2.07. The second-order valence-corrected chi connectivity index (χ2v) is 6.37. The van der Waals surface area contributed by atoms with Gasteiger partial charge in [0.2, 0.25) is 0 Å². The minimum absolute atomic E-state index is 0.182. The molecule has 108 valence electrons. The van der Waals surface area contributed by atoms with Crippen molar-refractivity contribution in [2.24, 2.45) is 0 Å². The number of carbonyl (C=O) groups excluding carboxylic acids is 1. The smallest absolute Gasteiger partial charge is 0.253 e. The molecule has 1 aromatic heterocycles. The van der Waals surface area contributed by atoms with Gasteiger partial charge in [-0.1, -0.05) is 47.2 Å². The summed E-state index contributed by atoms with van der Waals surface area (Å²) < 4.78 is 0.853. The summed E-state index contributed by atoms with van der Waals surface area (Å²) in [4.78, 5) is 12.0. The van der Waals surface area contributed by atoms with Crippen LogP contribution in [0.3, 0.4) is 0 Å². The van der Waals surface area contributed by atoms with Gasteiger partial charge < -0.3 is 10.4 Å². The molecule has 0 bridgehead atoms. The van der Waals surface area contributed by atoms with Gasteiger partial charge in [0.15, 0.2) is 0 Å². The van der Waals surface area contributed by atoms with Crippen LogP contribution in [-0.2, 0) is 6.54 Å². The quantitative estimate of drug-likeness (QED) is 0.842. The lowest BCUT2D eigenvalue weighted by Crippen LogP contribution is -2.22. The Morgan fingerprint density at radius 2 is 2.14 bits per heavy atom. The van der Waals surface area contributed by atoms with Gasteiger partial charge in [-0.25, -0.2) is 0 Å². The Balaban J connectivity index is 2.03. The summed E-state index contributed by atoms with van der Waals surface area (Å²) in [6, 6.07) is 8.96. The Morgan fingerprint density at radius 3 is 2.81 bits per heavy atom. The van der Waals surface area contributed by atoms with E-state index in [1.165, 1.54) is 0 Å². The zero-order valence-electron chi connectivity index (χ0n) is 10.8. The molecule has 0 fully saturated rings. The van der Waals surface area contributed by atoms with Crippen molar-refractivity contribution in [3.8, 4) is 11.8 Å². The fourth-order valence-electron chi connectivity index (χ4n) is 1.67. The molecule has 0 aliphatic rings. The van der Waals surface area contributed by atoms with Crippen molar-refractivity contribution in [1.82, 2.24) is 5.32 Å². The summed E-state index contributed by atoms with van der Waals surface area (Å²) in [6.07, 6.45) is 0. The number of thiophene rings is 1. The molecule has 2 N–H and O–H groups in total. The van der Waals surface area contributed by atoms with Crippen molar-refractivity contribution in [3.63, 3.8) is 0 Å². The minimum atomic E-state index is -0.269. The summed E-state index contributed by atoms with van der Waals surface area (Å²) >= 11 is 12.9. The summed E-state index contributed by atoms with van der Waals surface area (Å²) in [5.74, 6) is 5.13. The molecule has 1 aromatic carbocycles. The number of aliphatic hydroxyl groups is 1. The maximum Gasteiger partial charge on any atom is 0.253 e. The van der Waals surface area contributed by atoms with E-state index in [0.717, 1.165) is 22.5 Å². The summed E-state index contributed by atoms with van der Waals surface area (Å²) in [6.45, 7) is 0.176. The normalized spacial score (nSPS) is 9.86. The largest absolute Gasteiger partial charge is 0.384 e. The van der Waals surface area contributed by atoms with Crippen molar-refractivity contribution in [2.75, 3.05) is 6.61 Å². The lowest BCUT2D eigenvalue weighted by Gasteiger charge is -2.05. The molecule has 1 amide bonds. The Labute approximate surface area is 136 Å². The summed E-state index contributed by atoms with van der Waals surface area (Å²) in [5, 5.41) is 11.5. The fraction of sp³-hybridized carbons (Fsp3) is 0.133. The number of aliphatic hydroxyl groups excluding tert-OH is 1. The van der Waals surface area contributed by atoms with E-state index in [-0.39, 0.29) is 12.5 Å². The number of rotatable bonds is 3. The van der Waals surface area contributed by atoms with Gasteiger partial charge in [-0.05, 0) is 23.8 Å². The lowest BCUT2D eigenvalue weighted by molar-refractivity contribution is 0.0951. The highest BCUT2D eigenvalue weighted by atomic mass is 35.5. The van der Waals surface area contributed by atoms with Crippen molar-refractivity contribution in [1.29, 1.82) is 0 Å². The molecular weight excluding hydrogens is 329 g/mol. The van der Waals surface area contributed by atoms with Crippen LogP contribution in [0.25, 0.3) is 0 Å². The number of halogens is 2. The van der Waals surface area contributed by atoms with Crippen LogP contribution < -0.4 is 5.32 Å². The van der Waals surface area contributed by atoms with Gasteiger partial charge in [-0.2, -0.15) is 0 Å². The SMILES string of the molecule is O=C(NCc1cccc(C#CCO)c1)c1cc(Cl)sc1Cl. The molecule has 21 heavy (non-hydrogen) atoms. The molecule has 0 aliphatic carbocycles. The van der Waals surface area contributed by atoms with Crippen LogP contribution in [0.15, 0.2) is 30.3 Å². The molecule has 6 heteroatoms. The van der Waals surface area contributed by atoms with Crippen LogP contribution in [0.5, 0.6) is 0 Å². The molecule has 3 nitrogen and oxygen atoms in total. The van der Waals surface area contributed by atoms with Crippen molar-refractivity contribution >= 4 is 40.4 Å². The molecule has 2 rings (SSSR count). The second kappa shape index (κ2) is 7.48. The van der Waals surface area contributed by atoms with E-state index in [4.69, 9.17) is 28.3 Å². The Bertz CT molecular complexity index is 716. The predicted octanol–water partition coefficient (Wildman–Crippen LogP) is 3.33. The van der Waals surface area contributed by atoms with E-state index in [0.29, 0.717) is 20.8 Å². The Hall–Kier alpha value is -1.51. The topological polar surface area (TPSA) is 49.3 Å². The van der Waals surface area contributed by atoms with Crippen LogP contribution >= 0.6 is 34.5 Å². The fourth-order valence-corrected chi connectivity index (χ4v) is 3.13. The maximum atomic E-state index is 12.0. The monoisotopic (exact) mass is 339 g/mol. The molecule has 0 spiro atoms. The molecule has 1 heterocycles. The standard InChI is InChI=1S/C15H11Cl2NO2S/c16-13-8-12(14(17)21-13)15(20)18-9-11-4-1-3-10(7-11)5-2-6-19/h1,3-4,7-8,19H,6,9H2,(H,18,20). The van der Waals surface area contributed by atoms with Gasteiger partial charge in [0.25, 0.3) is 5.91 Å². The molecule has 2 aromatic rings. The number of carbonyl (C=O) groups is 1. The van der Waals surface area contributed by atoms with E-state index in [2.05, 4.69) is 17.2 Å². The highest BCUT2D eigenvalue weighted by molar-refractivity contribution is 7.20. The average Bonchev–Trinajstić information content (AvgIpc) is 2.82. The first kappa shape index (κ1) is 15.9. The van der Waals surface area contributed by atoms with Crippen LogP contribution in [-0.4, -0.2) is 17.6 Å². The van der Waals surface area contributed by atoms with Crippen LogP contribution in [0.2, 0.25) is 8.67 Å². The van der Waals surface area contributed by atoms with Gasteiger partial charge >= 0.3 is 0 Å². The van der Waals surface area contributed by atoms with Gasteiger partial charge in [0.1, 0.15) is 10.9 Å². The first-order chi connectivity index (χ1) is 10.1. The molecule has 0 saturated carbocycles. The number of hydrogen-bond acceptors (Lipinski definition) is 3. The van der Waals surface area contributed by atoms with E-state index in [1.807, 2.05) is 24.3 Å². The Morgan fingerprint density at radius 1 is 1.33 bits per heavy atom. The van der Waals surface area contributed by atoms with E-state index in [9.17, 15) is 4.79 Å². The molecular formula is C15H11Cl2NO2S. The third-order valence-corrected chi connectivity index (χ3v) is 4.08. The molecule has 0 radical (unpaired) electrons. The first-order valence-corrected chi connectivity index (χ1v) is 7.59. The predicted molar refractivity (Wildman–Crippen MR) is 85.9 cm³/mol. The first-order valence-electron chi connectivity index (χ1n) is 6.02. The third kappa shape index (κ3) is 4.48. The molecule has 0 unspecified atom stereocenters. The van der Waals surface area contributed by atoms with E-state index < -0.39 is 0 Å². The zero-order valence-corrected chi connectivity index (χ0v) is 13.1. The number of hydrogen-bond donors (Lipinski definition) is 2. The zero-order chi connectivity index (χ0) is 15.2. The highest BCUT2D eigenvalue weighted by Gasteiger charge is 2.13. The molecule has 0 saturated heterocycles. The van der Waals surface area contributed by atoms with Gasteiger partial charge in [-0.15, -0.1) is 11.3 Å². The average molecular weight is 340 g/mol. The van der Waals surface area contributed by atoms with Crippen molar-refractivity contribution in [3.05, 3.63) is 55.7 Å². The summed E-state index contributed by atoms with van der Waals surface area (Å²) in [7, 11) is 0. The van der Waals surface area contributed by atoms with Gasteiger partial charge in [0.05, 0.1) is 9.90 Å². The van der Waals surface area contributed by atoms with Crippen LogP contribution in [0, 0.1) is 11.8 Å². The third-order valence-electron chi connectivity index (χ3n) is 2.59. The number of benzene rings is 1. The number of nitrogens with one attached hydrogen (secondary N) is 1. The maximum absolute atomic E-state index is 12.0. The van der Waals surface area contributed by atoms with E-state index in [1.54, 1.807) is 6.07 Å². The van der Waals surface area contributed by atoms with Gasteiger partial charge in [-0.3, -0.25) is 4.79 Å². The van der Waals surface area contributed by atoms with Gasteiger partial charge in [0, 0.05) is 12.1 Å². The van der Waals surface area contributed by atoms with Crippen LogP contribution in [0.1, 0.15) is 21.5 Å². The van der Waals surface area contributed by atoms with Crippen molar-refractivity contribution < 1.29 is 9.90 Å². The molecule has 0 aliphatic heterocycles. The molecule has 0 atom stereocenters. The minimum Gasteiger partial charge on any atom is -0.384 e. The Kier molecular flexibility index (Phi) is 5.66. The highest BCUT2D eigenvalue weighted by Crippen LogP contribution is 2.30. The van der Waals surface area contributed by atoms with E-state index >= 15 is 0 Å². The number of amides is 1. The van der Waals surface area contributed by atoms with Crippen molar-refractivity contribution in [2.45, 2.75) is 6.54 Å². The second-order valence-electron chi connectivity index (χ2n) is 4.08.